The molecule has 1 saturated heterocycles. The fourth-order valence-corrected chi connectivity index (χ4v) is 5.76. The second kappa shape index (κ2) is 11.9. The van der Waals surface area contributed by atoms with Crippen molar-refractivity contribution in [2.45, 2.75) is 46.4 Å². The Balaban J connectivity index is 1.74. The summed E-state index contributed by atoms with van der Waals surface area (Å²) in [5.74, 6) is -1.53. The summed E-state index contributed by atoms with van der Waals surface area (Å²) in [6.45, 7) is 7.70. The second-order valence-electron chi connectivity index (χ2n) is 10.6. The molecule has 0 bridgehead atoms. The maximum atomic E-state index is 14.9. The van der Waals surface area contributed by atoms with Crippen LogP contribution in [0.25, 0.3) is 22.5 Å². The zero-order valence-electron chi connectivity index (χ0n) is 24.7. The van der Waals surface area contributed by atoms with Crippen LogP contribution in [-0.4, -0.2) is 56.3 Å². The van der Waals surface area contributed by atoms with Gasteiger partial charge in [-0.2, -0.15) is 0 Å². The van der Waals surface area contributed by atoms with E-state index in [2.05, 4.69) is 5.32 Å². The van der Waals surface area contributed by atoms with E-state index in [1.54, 1.807) is 18.2 Å². The van der Waals surface area contributed by atoms with Gasteiger partial charge in [-0.1, -0.05) is 78.3 Å². The molecular formula is C33H33ClN5O4+. The van der Waals surface area contributed by atoms with Crippen LogP contribution >= 0.6 is 11.6 Å². The summed E-state index contributed by atoms with van der Waals surface area (Å²) in [4.78, 5) is 57.3. The quantitative estimate of drug-likeness (QED) is 0.139. The van der Waals surface area contributed by atoms with Gasteiger partial charge < -0.3 is 9.88 Å². The predicted molar refractivity (Wildman–Crippen MR) is 167 cm³/mol. The van der Waals surface area contributed by atoms with Gasteiger partial charge in [0, 0.05) is 26.1 Å². The number of ketones is 1. The highest BCUT2D eigenvalue weighted by atomic mass is 35.5. The number of anilines is 1. The number of nitroso groups, excluding NO2 is 1. The highest BCUT2D eigenvalue weighted by molar-refractivity contribution is 6.34. The summed E-state index contributed by atoms with van der Waals surface area (Å²) in [5.41, 5.74) is 5.04. The normalized spacial score (nSPS) is 15.6. The van der Waals surface area contributed by atoms with Crippen molar-refractivity contribution in [3.63, 3.8) is 0 Å². The number of carbonyl (C=O) groups is 3. The van der Waals surface area contributed by atoms with Gasteiger partial charge in [0.2, 0.25) is 11.8 Å². The minimum absolute atomic E-state index is 0.255. The van der Waals surface area contributed by atoms with Gasteiger partial charge in [-0.15, -0.1) is 0 Å². The number of halogens is 1. The third kappa shape index (κ3) is 5.21. The van der Waals surface area contributed by atoms with E-state index in [0.717, 1.165) is 22.4 Å². The van der Waals surface area contributed by atoms with Crippen LogP contribution in [0.2, 0.25) is 5.02 Å². The SMILES string of the molecule is CCn1c(-c2ccccc2)c(C)c(C(=O)C(C(=O)Nc2cc(C)ccc2Cl)N2C(=O)N(C)C(C)[N+]2=O)c1-c1ccccc1. The molecule has 0 saturated carbocycles. The topological polar surface area (TPSA) is 94.7 Å². The van der Waals surface area contributed by atoms with Crippen molar-refractivity contribution in [1.29, 1.82) is 0 Å². The van der Waals surface area contributed by atoms with Crippen molar-refractivity contribution in [2.75, 3.05) is 12.4 Å². The molecule has 220 valence electrons. The standard InChI is InChI=1S/C33H32ClN5O4/c1-6-37-28(23-13-9-7-10-14-23)21(3)27(29(37)24-15-11-8-12-16-24)31(40)30(38-33(42)36(5)22(4)39(38)43)32(41)35-26-19-20(2)17-18-25(26)34/h7-19,22,30H,6H2,1-5H3/p+1. The van der Waals surface area contributed by atoms with Crippen molar-refractivity contribution in [1.82, 2.24) is 14.5 Å². The van der Waals surface area contributed by atoms with E-state index in [0.29, 0.717) is 27.7 Å². The van der Waals surface area contributed by atoms with E-state index in [4.69, 9.17) is 11.6 Å². The van der Waals surface area contributed by atoms with Gasteiger partial charge >= 0.3 is 12.2 Å². The number of urea groups is 1. The van der Waals surface area contributed by atoms with E-state index in [1.165, 1.54) is 18.9 Å². The van der Waals surface area contributed by atoms with Gasteiger partial charge in [0.15, 0.2) is 4.87 Å². The smallest absolute Gasteiger partial charge is 0.340 e. The molecule has 2 heterocycles. The molecule has 9 nitrogen and oxygen atoms in total. The lowest BCUT2D eigenvalue weighted by atomic mass is 9.95. The summed E-state index contributed by atoms with van der Waals surface area (Å²) in [6, 6.07) is 21.6. The maximum Gasteiger partial charge on any atom is 0.382 e. The third-order valence-electron chi connectivity index (χ3n) is 7.88. The fraction of sp³-hybridized carbons (Fsp3) is 0.242. The minimum Gasteiger partial charge on any atom is -0.340 e. The molecule has 0 radical (unpaired) electrons. The molecule has 43 heavy (non-hydrogen) atoms. The Hall–Kier alpha value is -4.76. The molecule has 2 unspecified atom stereocenters. The number of rotatable bonds is 8. The molecule has 3 amide bonds. The molecule has 5 rings (SSSR count). The number of nitrogens with one attached hydrogen (secondary N) is 1. The lowest BCUT2D eigenvalue weighted by Gasteiger charge is -2.20. The summed E-state index contributed by atoms with van der Waals surface area (Å²) in [7, 11) is 1.45. The lowest BCUT2D eigenvalue weighted by Crippen LogP contribution is -2.53. The van der Waals surface area contributed by atoms with Gasteiger partial charge in [0.05, 0.1) is 27.0 Å². The van der Waals surface area contributed by atoms with Gasteiger partial charge in [-0.3, -0.25) is 14.5 Å². The van der Waals surface area contributed by atoms with E-state index in [9.17, 15) is 19.3 Å². The monoisotopic (exact) mass is 598 g/mol. The Morgan fingerprint density at radius 2 is 1.53 bits per heavy atom. The van der Waals surface area contributed by atoms with Gasteiger partial charge in [-0.05, 0) is 60.2 Å². The molecule has 1 aliphatic rings. The zero-order valence-corrected chi connectivity index (χ0v) is 25.4. The fourth-order valence-electron chi connectivity index (χ4n) is 5.60. The highest BCUT2D eigenvalue weighted by Gasteiger charge is 2.57. The van der Waals surface area contributed by atoms with Crippen LogP contribution in [0.4, 0.5) is 10.5 Å². The van der Waals surface area contributed by atoms with Crippen molar-refractivity contribution in [2.24, 2.45) is 0 Å². The van der Waals surface area contributed by atoms with Crippen molar-refractivity contribution >= 4 is 35.0 Å². The van der Waals surface area contributed by atoms with E-state index in [1.807, 2.05) is 86.0 Å². The maximum absolute atomic E-state index is 14.9. The Morgan fingerprint density at radius 1 is 0.953 bits per heavy atom. The number of aromatic nitrogens is 1. The van der Waals surface area contributed by atoms with Gasteiger partial charge in [-0.25, -0.2) is 4.79 Å². The molecular weight excluding hydrogens is 566 g/mol. The van der Waals surface area contributed by atoms with E-state index >= 15 is 0 Å². The largest absolute Gasteiger partial charge is 0.382 e. The first-order valence-electron chi connectivity index (χ1n) is 14.0. The molecule has 1 aromatic heterocycles. The number of aryl methyl sites for hydroxylation is 1. The van der Waals surface area contributed by atoms with Crippen molar-refractivity contribution < 1.29 is 19.3 Å². The Labute approximate surface area is 255 Å². The summed E-state index contributed by atoms with van der Waals surface area (Å²) in [5, 5.41) is 3.68. The van der Waals surface area contributed by atoms with E-state index < -0.39 is 29.9 Å². The highest BCUT2D eigenvalue weighted by Crippen LogP contribution is 2.39. The van der Waals surface area contributed by atoms with E-state index in [-0.39, 0.29) is 16.3 Å². The Morgan fingerprint density at radius 3 is 2.07 bits per heavy atom. The number of hydrogen-bond donors (Lipinski definition) is 1. The van der Waals surface area contributed by atoms with Crippen LogP contribution in [0.15, 0.2) is 78.9 Å². The molecule has 0 aliphatic carbocycles. The molecule has 1 aliphatic heterocycles. The number of benzene rings is 3. The Kier molecular flexibility index (Phi) is 8.19. The average molecular weight is 599 g/mol. The number of hydrazine groups is 1. The van der Waals surface area contributed by atoms with Crippen molar-refractivity contribution in [3.05, 3.63) is 105 Å². The molecule has 1 N–H and O–H groups in total. The first-order valence-corrected chi connectivity index (χ1v) is 14.4. The molecule has 4 aromatic rings. The molecule has 0 spiro atoms. The van der Waals surface area contributed by atoms with Crippen LogP contribution in [-0.2, 0) is 11.3 Å². The summed E-state index contributed by atoms with van der Waals surface area (Å²) >= 11 is 6.38. The molecule has 2 atom stereocenters. The predicted octanol–water partition coefficient (Wildman–Crippen LogP) is 6.71. The molecule has 3 aromatic carbocycles. The van der Waals surface area contributed by atoms with Crippen LogP contribution in [0.1, 0.15) is 35.3 Å². The first kappa shape index (κ1) is 29.7. The van der Waals surface area contributed by atoms with Crippen LogP contribution in [0, 0.1) is 18.8 Å². The average Bonchev–Trinajstić information content (AvgIpc) is 3.41. The first-order chi connectivity index (χ1) is 20.6. The number of carbonyl (C=O) groups excluding carboxylic acids is 3. The molecule has 1 fully saturated rings. The summed E-state index contributed by atoms with van der Waals surface area (Å²) in [6.07, 6.45) is -0.923. The van der Waals surface area contributed by atoms with Crippen LogP contribution in [0.5, 0.6) is 0 Å². The lowest BCUT2D eigenvalue weighted by molar-refractivity contribution is -0.705. The van der Waals surface area contributed by atoms with Gasteiger partial charge in [0.1, 0.15) is 0 Å². The van der Waals surface area contributed by atoms with Gasteiger partial charge in [0.25, 0.3) is 5.91 Å². The number of hydrogen-bond acceptors (Lipinski definition) is 4. The Bertz CT molecular complexity index is 1720. The minimum atomic E-state index is -1.81. The zero-order chi connectivity index (χ0) is 31.0. The number of nitrogens with zero attached hydrogens (tertiary/aromatic N) is 4. The number of Topliss-reactive ketones (excluding diaryl/α,β-unsaturated/α-hetero) is 1. The second-order valence-corrected chi connectivity index (χ2v) is 11.0. The number of amides is 3. The van der Waals surface area contributed by atoms with Crippen molar-refractivity contribution in [3.8, 4) is 22.5 Å². The van der Waals surface area contributed by atoms with Crippen LogP contribution < -0.4 is 5.32 Å². The molecule has 10 heteroatoms. The third-order valence-corrected chi connectivity index (χ3v) is 8.20. The summed E-state index contributed by atoms with van der Waals surface area (Å²) < 4.78 is 2.04. The van der Waals surface area contributed by atoms with Crippen LogP contribution in [0.3, 0.4) is 0 Å².